The van der Waals surface area contributed by atoms with Crippen LogP contribution >= 0.6 is 0 Å². The Morgan fingerprint density at radius 3 is 2.58 bits per heavy atom. The Bertz CT molecular complexity index is 1090. The molecule has 1 saturated heterocycles. The van der Waals surface area contributed by atoms with E-state index in [4.69, 9.17) is 5.73 Å². The summed E-state index contributed by atoms with van der Waals surface area (Å²) in [5, 5.41) is 0.473. The number of hydrogen-bond donors (Lipinski definition) is 1. The molecule has 0 aromatic carbocycles. The van der Waals surface area contributed by atoms with E-state index in [1.54, 1.807) is 16.8 Å². The molecule has 0 unspecified atom stereocenters. The third-order valence-corrected chi connectivity index (χ3v) is 5.71. The SMILES string of the molecule is CCCCN(C)c1nc(N)nc2ccn(Cc3ncc(CN4CCCC4)cn3)c(=O)c12. The zero-order chi connectivity index (χ0) is 21.8. The summed E-state index contributed by atoms with van der Waals surface area (Å²) in [5.41, 5.74) is 7.38. The highest BCUT2D eigenvalue weighted by Crippen LogP contribution is 2.21. The predicted octanol–water partition coefficient (Wildman–Crippen LogP) is 2.04. The molecule has 164 valence electrons. The molecule has 1 aliphatic rings. The van der Waals surface area contributed by atoms with Crippen LogP contribution in [0.2, 0.25) is 0 Å². The minimum absolute atomic E-state index is 0.166. The second-order valence-corrected chi connectivity index (χ2v) is 8.18. The normalized spacial score (nSPS) is 14.4. The van der Waals surface area contributed by atoms with Crippen LogP contribution in [0.3, 0.4) is 0 Å². The summed E-state index contributed by atoms with van der Waals surface area (Å²) in [6, 6.07) is 1.80. The smallest absolute Gasteiger partial charge is 0.264 e. The fourth-order valence-corrected chi connectivity index (χ4v) is 3.98. The molecular formula is C22H30N8O. The summed E-state index contributed by atoms with van der Waals surface area (Å²) in [4.78, 5) is 35.3. The maximum Gasteiger partial charge on any atom is 0.264 e. The Balaban J connectivity index is 1.60. The highest BCUT2D eigenvalue weighted by atomic mass is 16.1. The van der Waals surface area contributed by atoms with Gasteiger partial charge in [-0.2, -0.15) is 4.98 Å². The molecule has 1 aliphatic heterocycles. The highest BCUT2D eigenvalue weighted by Gasteiger charge is 2.16. The first-order valence-corrected chi connectivity index (χ1v) is 10.9. The number of nitrogens with zero attached hydrogens (tertiary/aromatic N) is 7. The minimum atomic E-state index is -0.166. The molecule has 0 amide bonds. The van der Waals surface area contributed by atoms with Crippen LogP contribution in [0.5, 0.6) is 0 Å². The standard InChI is InChI=1S/C22H30N8O/c1-3-4-8-28(2)20-19-17(26-22(23)27-20)7-11-30(21(19)31)15-18-24-12-16(13-25-18)14-29-9-5-6-10-29/h7,11-13H,3-6,8-10,14-15H2,1-2H3,(H2,23,26,27). The van der Waals surface area contributed by atoms with E-state index in [9.17, 15) is 4.79 Å². The van der Waals surface area contributed by atoms with Crippen LogP contribution in [0.1, 0.15) is 44.0 Å². The Morgan fingerprint density at radius 2 is 1.87 bits per heavy atom. The van der Waals surface area contributed by atoms with Crippen LogP contribution < -0.4 is 16.2 Å². The van der Waals surface area contributed by atoms with Gasteiger partial charge in [0.1, 0.15) is 17.0 Å². The monoisotopic (exact) mass is 422 g/mol. The van der Waals surface area contributed by atoms with Gasteiger partial charge in [-0.25, -0.2) is 15.0 Å². The number of fused-ring (bicyclic) bond motifs is 1. The fraction of sp³-hybridized carbons (Fsp3) is 0.500. The van der Waals surface area contributed by atoms with Crippen molar-refractivity contribution in [3.05, 3.63) is 46.4 Å². The Hall–Kier alpha value is -3.07. The van der Waals surface area contributed by atoms with Crippen LogP contribution in [0.25, 0.3) is 10.9 Å². The lowest BCUT2D eigenvalue weighted by Crippen LogP contribution is -2.27. The van der Waals surface area contributed by atoms with Gasteiger partial charge >= 0.3 is 0 Å². The van der Waals surface area contributed by atoms with Crippen LogP contribution in [-0.2, 0) is 13.1 Å². The lowest BCUT2D eigenvalue weighted by Gasteiger charge is -2.20. The van der Waals surface area contributed by atoms with Crippen molar-refractivity contribution in [1.29, 1.82) is 0 Å². The molecule has 1 fully saturated rings. The quantitative estimate of drug-likeness (QED) is 0.588. The maximum absolute atomic E-state index is 13.3. The van der Waals surface area contributed by atoms with Crippen LogP contribution in [0.4, 0.5) is 11.8 Å². The number of nitrogens with two attached hydrogens (primary N) is 1. The van der Waals surface area contributed by atoms with Crippen molar-refractivity contribution >= 4 is 22.7 Å². The minimum Gasteiger partial charge on any atom is -0.368 e. The Labute approximate surface area is 182 Å². The Morgan fingerprint density at radius 1 is 1.13 bits per heavy atom. The predicted molar refractivity (Wildman–Crippen MR) is 122 cm³/mol. The first-order valence-electron chi connectivity index (χ1n) is 10.9. The van der Waals surface area contributed by atoms with E-state index in [2.05, 4.69) is 31.8 Å². The van der Waals surface area contributed by atoms with Gasteiger partial charge in [0.15, 0.2) is 0 Å². The molecular weight excluding hydrogens is 392 g/mol. The first kappa shape index (κ1) is 21.2. The van der Waals surface area contributed by atoms with Crippen LogP contribution in [0, 0.1) is 0 Å². The van der Waals surface area contributed by atoms with Gasteiger partial charge in [-0.05, 0) is 38.4 Å². The topological polar surface area (TPSA) is 106 Å². The molecule has 9 nitrogen and oxygen atoms in total. The maximum atomic E-state index is 13.3. The summed E-state index contributed by atoms with van der Waals surface area (Å²) < 4.78 is 1.61. The van der Waals surface area contributed by atoms with Gasteiger partial charge in [-0.1, -0.05) is 13.3 Å². The van der Waals surface area contributed by atoms with Gasteiger partial charge in [-0.15, -0.1) is 0 Å². The number of rotatable bonds is 8. The van der Waals surface area contributed by atoms with E-state index in [1.807, 2.05) is 24.3 Å². The van der Waals surface area contributed by atoms with E-state index in [1.165, 1.54) is 12.8 Å². The Kier molecular flexibility index (Phi) is 6.41. The fourth-order valence-electron chi connectivity index (χ4n) is 3.98. The van der Waals surface area contributed by atoms with Gasteiger partial charge in [0.05, 0.1) is 12.1 Å². The van der Waals surface area contributed by atoms with Crippen molar-refractivity contribution in [3.63, 3.8) is 0 Å². The number of aromatic nitrogens is 5. The van der Waals surface area contributed by atoms with Crippen molar-refractivity contribution in [3.8, 4) is 0 Å². The summed E-state index contributed by atoms with van der Waals surface area (Å²) >= 11 is 0. The van der Waals surface area contributed by atoms with Crippen molar-refractivity contribution < 1.29 is 0 Å². The van der Waals surface area contributed by atoms with Crippen molar-refractivity contribution in [1.82, 2.24) is 29.4 Å². The molecule has 2 N–H and O–H groups in total. The molecule has 0 radical (unpaired) electrons. The molecule has 9 heteroatoms. The molecule has 0 spiro atoms. The number of likely N-dealkylation sites (tertiary alicyclic amines) is 1. The lowest BCUT2D eigenvalue weighted by molar-refractivity contribution is 0.330. The van der Waals surface area contributed by atoms with Crippen molar-refractivity contribution in [2.75, 3.05) is 37.3 Å². The van der Waals surface area contributed by atoms with Crippen LogP contribution in [-0.4, -0.2) is 56.1 Å². The van der Waals surface area contributed by atoms with Gasteiger partial charge in [0, 0.05) is 44.3 Å². The molecule has 3 aromatic heterocycles. The largest absolute Gasteiger partial charge is 0.368 e. The highest BCUT2D eigenvalue weighted by molar-refractivity contribution is 5.89. The average molecular weight is 423 g/mol. The van der Waals surface area contributed by atoms with Crippen molar-refractivity contribution in [2.24, 2.45) is 0 Å². The summed E-state index contributed by atoms with van der Waals surface area (Å²) in [5.74, 6) is 1.33. The lowest BCUT2D eigenvalue weighted by atomic mass is 10.2. The average Bonchev–Trinajstić information content (AvgIpc) is 3.27. The third kappa shape index (κ3) is 4.82. The van der Waals surface area contributed by atoms with E-state index in [-0.39, 0.29) is 11.5 Å². The van der Waals surface area contributed by atoms with Gasteiger partial charge < -0.3 is 15.2 Å². The summed E-state index contributed by atoms with van der Waals surface area (Å²) in [7, 11) is 1.93. The summed E-state index contributed by atoms with van der Waals surface area (Å²) in [6.45, 7) is 6.36. The second kappa shape index (κ2) is 9.38. The molecule has 3 aromatic rings. The number of nitrogen functional groups attached to an aromatic ring is 1. The number of anilines is 2. The molecule has 0 bridgehead atoms. The molecule has 31 heavy (non-hydrogen) atoms. The number of hydrogen-bond acceptors (Lipinski definition) is 8. The van der Waals surface area contributed by atoms with E-state index in [0.717, 1.165) is 44.6 Å². The van der Waals surface area contributed by atoms with E-state index < -0.39 is 0 Å². The molecule has 0 saturated carbocycles. The zero-order valence-electron chi connectivity index (χ0n) is 18.3. The van der Waals surface area contributed by atoms with Gasteiger partial charge in [-0.3, -0.25) is 9.69 Å². The molecule has 4 rings (SSSR count). The number of pyridine rings is 1. The molecule has 0 atom stereocenters. The van der Waals surface area contributed by atoms with Gasteiger partial charge in [0.2, 0.25) is 5.95 Å². The second-order valence-electron chi connectivity index (χ2n) is 8.18. The molecule has 4 heterocycles. The van der Waals surface area contributed by atoms with E-state index in [0.29, 0.717) is 29.1 Å². The van der Waals surface area contributed by atoms with E-state index >= 15 is 0 Å². The number of unbranched alkanes of at least 4 members (excludes halogenated alkanes) is 1. The molecule has 0 aliphatic carbocycles. The third-order valence-electron chi connectivity index (χ3n) is 5.71. The van der Waals surface area contributed by atoms with Crippen LogP contribution in [0.15, 0.2) is 29.5 Å². The first-order chi connectivity index (χ1) is 15.0. The zero-order valence-corrected chi connectivity index (χ0v) is 18.3. The van der Waals surface area contributed by atoms with Crippen molar-refractivity contribution in [2.45, 2.75) is 45.7 Å². The van der Waals surface area contributed by atoms with Gasteiger partial charge in [0.25, 0.3) is 5.56 Å². The summed E-state index contributed by atoms with van der Waals surface area (Å²) in [6.07, 6.45) is 10.0.